The fourth-order valence-corrected chi connectivity index (χ4v) is 5.27. The zero-order chi connectivity index (χ0) is 19.3. The Labute approximate surface area is 163 Å². The van der Waals surface area contributed by atoms with Gasteiger partial charge in [0, 0.05) is 0 Å². The van der Waals surface area contributed by atoms with Gasteiger partial charge in [-0.2, -0.15) is 0 Å². The summed E-state index contributed by atoms with van der Waals surface area (Å²) < 4.78 is 5.37. The Morgan fingerprint density at radius 3 is 2.04 bits per heavy atom. The highest BCUT2D eigenvalue weighted by Gasteiger charge is 2.61. The smallest absolute Gasteiger partial charge is 0.331 e. The number of nitrogens with zero attached hydrogens (tertiary/aromatic N) is 1. The predicted molar refractivity (Wildman–Crippen MR) is 102 cm³/mol. The molecule has 2 aliphatic carbocycles. The van der Waals surface area contributed by atoms with Gasteiger partial charge in [-0.05, 0) is 54.4 Å². The number of hydrogen-bond acceptors (Lipinski definition) is 4. The molecule has 5 rings (SSSR count). The summed E-state index contributed by atoms with van der Waals surface area (Å²) in [6, 6.07) is 17.1. The average Bonchev–Trinajstić information content (AvgIpc) is 3.39. The van der Waals surface area contributed by atoms with Crippen LogP contribution < -0.4 is 4.74 Å². The molecule has 1 aliphatic heterocycles. The molecule has 3 aliphatic rings. The van der Waals surface area contributed by atoms with E-state index in [1.807, 2.05) is 42.5 Å². The van der Waals surface area contributed by atoms with Gasteiger partial charge in [0.25, 0.3) is 0 Å². The number of carbonyl (C=O) groups is 3. The molecule has 2 aromatic rings. The molecule has 4 atom stereocenters. The zero-order valence-electron chi connectivity index (χ0n) is 15.4. The Bertz CT molecular complexity index is 909. The average molecular weight is 375 g/mol. The first-order valence-electron chi connectivity index (χ1n) is 9.83. The minimum Gasteiger partial charge on any atom is -0.425 e. The number of imide groups is 1. The second-order valence-electron chi connectivity index (χ2n) is 8.01. The monoisotopic (exact) mass is 375 g/mol. The van der Waals surface area contributed by atoms with Gasteiger partial charge in [0.15, 0.2) is 0 Å². The summed E-state index contributed by atoms with van der Waals surface area (Å²) in [5.41, 5.74) is 2.10. The maximum absolute atomic E-state index is 12.7. The van der Waals surface area contributed by atoms with Crippen molar-refractivity contribution < 1.29 is 19.1 Å². The minimum absolute atomic E-state index is 0.182. The van der Waals surface area contributed by atoms with Gasteiger partial charge in [-0.3, -0.25) is 14.5 Å². The topological polar surface area (TPSA) is 63.7 Å². The number of rotatable bonds is 4. The highest BCUT2D eigenvalue weighted by molar-refractivity contribution is 6.07. The van der Waals surface area contributed by atoms with Crippen molar-refractivity contribution in [3.8, 4) is 16.9 Å². The molecule has 0 N–H and O–H groups in total. The summed E-state index contributed by atoms with van der Waals surface area (Å²) in [5.74, 6) is -0.313. The Morgan fingerprint density at radius 2 is 1.43 bits per heavy atom. The van der Waals surface area contributed by atoms with Gasteiger partial charge in [-0.1, -0.05) is 42.5 Å². The first-order valence-corrected chi connectivity index (χ1v) is 9.83. The van der Waals surface area contributed by atoms with E-state index < -0.39 is 5.97 Å². The van der Waals surface area contributed by atoms with Crippen molar-refractivity contribution >= 4 is 17.8 Å². The van der Waals surface area contributed by atoms with Crippen molar-refractivity contribution in [1.29, 1.82) is 0 Å². The quantitative estimate of drug-likeness (QED) is 0.467. The molecule has 0 spiro atoms. The van der Waals surface area contributed by atoms with Crippen molar-refractivity contribution in [2.24, 2.45) is 23.7 Å². The number of hydrogen-bond donors (Lipinski definition) is 0. The molecule has 1 heterocycles. The molecule has 0 aromatic heterocycles. The van der Waals surface area contributed by atoms with E-state index in [9.17, 15) is 14.4 Å². The predicted octanol–water partition coefficient (Wildman–Crippen LogP) is 3.29. The fourth-order valence-electron chi connectivity index (χ4n) is 5.27. The maximum atomic E-state index is 12.7. The summed E-state index contributed by atoms with van der Waals surface area (Å²) in [5, 5.41) is 0. The molecule has 2 amide bonds. The third-order valence-electron chi connectivity index (χ3n) is 6.50. The number of fused-ring (bicyclic) bond motifs is 5. The van der Waals surface area contributed by atoms with E-state index in [0.717, 1.165) is 35.3 Å². The lowest BCUT2D eigenvalue weighted by Gasteiger charge is -2.19. The summed E-state index contributed by atoms with van der Waals surface area (Å²) in [4.78, 5) is 38.8. The summed E-state index contributed by atoms with van der Waals surface area (Å²) in [6.45, 7) is -0.301. The molecule has 1 saturated heterocycles. The van der Waals surface area contributed by atoms with E-state index in [-0.39, 0.29) is 30.2 Å². The third-order valence-corrected chi connectivity index (χ3v) is 6.50. The molecule has 142 valence electrons. The summed E-state index contributed by atoms with van der Waals surface area (Å²) in [6.07, 6.45) is 3.03. The first kappa shape index (κ1) is 17.2. The highest BCUT2D eigenvalue weighted by Crippen LogP contribution is 2.56. The van der Waals surface area contributed by atoms with E-state index in [1.54, 1.807) is 12.1 Å². The number of amides is 2. The van der Waals surface area contributed by atoms with Crippen LogP contribution in [0.4, 0.5) is 0 Å². The van der Waals surface area contributed by atoms with Gasteiger partial charge in [0.2, 0.25) is 11.8 Å². The Morgan fingerprint density at radius 1 is 0.857 bits per heavy atom. The second-order valence-corrected chi connectivity index (χ2v) is 8.01. The van der Waals surface area contributed by atoms with Crippen LogP contribution in [0.5, 0.6) is 5.75 Å². The Kier molecular flexibility index (Phi) is 4.04. The number of benzene rings is 2. The normalized spacial score (nSPS) is 27.9. The molecule has 2 aromatic carbocycles. The summed E-state index contributed by atoms with van der Waals surface area (Å²) in [7, 11) is 0. The van der Waals surface area contributed by atoms with Gasteiger partial charge in [-0.25, -0.2) is 4.79 Å². The molecule has 5 nitrogen and oxygen atoms in total. The lowest BCUT2D eigenvalue weighted by atomic mass is 9.81. The summed E-state index contributed by atoms with van der Waals surface area (Å²) >= 11 is 0. The van der Waals surface area contributed by atoms with Crippen LogP contribution in [0.2, 0.25) is 0 Å². The largest absolute Gasteiger partial charge is 0.425 e. The van der Waals surface area contributed by atoms with Crippen LogP contribution in [-0.2, 0) is 14.4 Å². The van der Waals surface area contributed by atoms with E-state index in [4.69, 9.17) is 4.74 Å². The SMILES string of the molecule is O=C(CN1C(=O)[C@@H]2[C@H]3CC[C@@H](C3)[C@H]2C1=O)Oc1ccc(-c2ccccc2)cc1. The molecule has 2 saturated carbocycles. The molecule has 3 fully saturated rings. The molecule has 0 unspecified atom stereocenters. The van der Waals surface area contributed by atoms with Crippen molar-refractivity contribution in [2.45, 2.75) is 19.3 Å². The van der Waals surface area contributed by atoms with Crippen LogP contribution in [0, 0.1) is 23.7 Å². The van der Waals surface area contributed by atoms with Crippen LogP contribution in [-0.4, -0.2) is 29.2 Å². The van der Waals surface area contributed by atoms with Gasteiger partial charge >= 0.3 is 5.97 Å². The molecular formula is C23H21NO4. The van der Waals surface area contributed by atoms with Crippen LogP contribution >= 0.6 is 0 Å². The molecule has 28 heavy (non-hydrogen) atoms. The second kappa shape index (κ2) is 6.59. The van der Waals surface area contributed by atoms with Crippen molar-refractivity contribution in [2.75, 3.05) is 6.54 Å². The van der Waals surface area contributed by atoms with Gasteiger partial charge in [-0.15, -0.1) is 0 Å². The van der Waals surface area contributed by atoms with Gasteiger partial charge in [0.1, 0.15) is 12.3 Å². The Balaban J connectivity index is 1.24. The number of likely N-dealkylation sites (tertiary alicyclic amines) is 1. The lowest BCUT2D eigenvalue weighted by molar-refractivity contribution is -0.148. The maximum Gasteiger partial charge on any atom is 0.331 e. The zero-order valence-corrected chi connectivity index (χ0v) is 15.4. The standard InChI is InChI=1S/C23H21NO4/c25-19(28-18-10-8-15(9-11-18)14-4-2-1-3-5-14)13-24-22(26)20-16-6-7-17(12-16)21(20)23(24)27/h1-5,8-11,16-17,20-21H,6-7,12-13H2/t16-,17-,20+,21+/m0/s1. The van der Waals surface area contributed by atoms with E-state index in [0.29, 0.717) is 17.6 Å². The van der Waals surface area contributed by atoms with Crippen LogP contribution in [0.1, 0.15) is 19.3 Å². The number of ether oxygens (including phenoxy) is 1. The first-order chi connectivity index (χ1) is 13.6. The van der Waals surface area contributed by atoms with Crippen molar-refractivity contribution in [3.05, 3.63) is 54.6 Å². The molecular weight excluding hydrogens is 354 g/mol. The highest BCUT2D eigenvalue weighted by atomic mass is 16.5. The van der Waals surface area contributed by atoms with E-state index in [1.165, 1.54) is 0 Å². The van der Waals surface area contributed by atoms with Gasteiger partial charge in [0.05, 0.1) is 11.8 Å². The van der Waals surface area contributed by atoms with E-state index >= 15 is 0 Å². The third kappa shape index (κ3) is 2.73. The fraction of sp³-hybridized carbons (Fsp3) is 0.348. The van der Waals surface area contributed by atoms with Gasteiger partial charge < -0.3 is 4.74 Å². The molecule has 5 heteroatoms. The number of esters is 1. The van der Waals surface area contributed by atoms with Crippen molar-refractivity contribution in [1.82, 2.24) is 4.90 Å². The lowest BCUT2D eigenvalue weighted by Crippen LogP contribution is -2.38. The molecule has 2 bridgehead atoms. The van der Waals surface area contributed by atoms with E-state index in [2.05, 4.69) is 0 Å². The van der Waals surface area contributed by atoms with Crippen LogP contribution in [0.25, 0.3) is 11.1 Å². The minimum atomic E-state index is -0.582. The number of carbonyl (C=O) groups excluding carboxylic acids is 3. The van der Waals surface area contributed by atoms with Crippen LogP contribution in [0.15, 0.2) is 54.6 Å². The van der Waals surface area contributed by atoms with Crippen molar-refractivity contribution in [3.63, 3.8) is 0 Å². The molecule has 0 radical (unpaired) electrons. The van der Waals surface area contributed by atoms with Crippen LogP contribution in [0.3, 0.4) is 0 Å². The Hall–Kier alpha value is -2.95.